The van der Waals surface area contributed by atoms with Gasteiger partial charge in [-0.05, 0) is 6.16 Å². The summed E-state index contributed by atoms with van der Waals surface area (Å²) in [6.07, 6.45) is 0.847. The summed E-state index contributed by atoms with van der Waals surface area (Å²) in [6, 6.07) is 9.81. The Balaban J connectivity index is 2.75. The molecular weight excluding hydrogens is 143 g/mol. The topological polar surface area (TPSA) is 20.2 Å². The first-order valence-corrected chi connectivity index (χ1v) is 4.84. The van der Waals surface area contributed by atoms with E-state index in [0.29, 0.717) is 0 Å². The van der Waals surface area contributed by atoms with Crippen molar-refractivity contribution in [2.24, 2.45) is 0 Å². The van der Waals surface area contributed by atoms with E-state index in [1.54, 1.807) is 0 Å². The van der Waals surface area contributed by atoms with Crippen LogP contribution in [0.25, 0.3) is 0 Å². The summed E-state index contributed by atoms with van der Waals surface area (Å²) in [4.78, 5) is 9.39. The van der Waals surface area contributed by atoms with E-state index in [9.17, 15) is 4.89 Å². The summed E-state index contributed by atoms with van der Waals surface area (Å²) in [7, 11) is -0.873. The zero-order valence-corrected chi connectivity index (χ0v) is 6.88. The summed E-state index contributed by atoms with van der Waals surface area (Å²) < 4.78 is 0. The van der Waals surface area contributed by atoms with Gasteiger partial charge in [0.05, 0.1) is 8.15 Å². The zero-order chi connectivity index (χ0) is 7.40. The molecule has 1 aromatic rings. The van der Waals surface area contributed by atoms with Crippen molar-refractivity contribution in [2.75, 3.05) is 6.16 Å². The molecule has 0 aliphatic rings. The number of benzene rings is 1. The van der Waals surface area contributed by atoms with E-state index in [1.165, 1.54) is 0 Å². The molecule has 0 saturated carbocycles. The number of hydrogen-bond donors (Lipinski definition) is 1. The predicted octanol–water partition coefficient (Wildman–Crippen LogP) is 1.72. The van der Waals surface area contributed by atoms with Gasteiger partial charge in [-0.3, -0.25) is 0 Å². The molecule has 2 heteroatoms. The molecule has 1 nitrogen and oxygen atoms in total. The molecule has 1 N–H and O–H groups in total. The van der Waals surface area contributed by atoms with Gasteiger partial charge in [-0.15, -0.1) is 0 Å². The average molecular weight is 154 g/mol. The van der Waals surface area contributed by atoms with E-state index in [4.69, 9.17) is 0 Å². The second-order valence-electron chi connectivity index (χ2n) is 2.05. The smallest absolute Gasteiger partial charge is 0.0560 e. The zero-order valence-electron chi connectivity index (χ0n) is 5.99. The highest BCUT2D eigenvalue weighted by Crippen LogP contribution is 2.26. The van der Waals surface area contributed by atoms with Crippen LogP contribution in [0.5, 0.6) is 0 Å². The van der Waals surface area contributed by atoms with Crippen molar-refractivity contribution in [3.63, 3.8) is 0 Å². The van der Waals surface area contributed by atoms with Gasteiger partial charge >= 0.3 is 0 Å². The molecule has 0 aromatic heterocycles. The van der Waals surface area contributed by atoms with Crippen LogP contribution in [-0.2, 0) is 0 Å². The van der Waals surface area contributed by atoms with Crippen molar-refractivity contribution in [3.05, 3.63) is 30.3 Å². The quantitative estimate of drug-likeness (QED) is 0.643. The van der Waals surface area contributed by atoms with Gasteiger partial charge in [-0.25, -0.2) is 0 Å². The van der Waals surface area contributed by atoms with Gasteiger partial charge in [0.1, 0.15) is 0 Å². The Labute approximate surface area is 62.5 Å². The van der Waals surface area contributed by atoms with E-state index < -0.39 is 8.15 Å². The fraction of sp³-hybridized carbons (Fsp3) is 0.250. The van der Waals surface area contributed by atoms with Crippen LogP contribution < -0.4 is 5.30 Å². The minimum Gasteiger partial charge on any atom is -0.369 e. The number of rotatable bonds is 2. The van der Waals surface area contributed by atoms with Crippen molar-refractivity contribution >= 4 is 13.5 Å². The minimum absolute atomic E-state index is 0.847. The molecule has 1 atom stereocenters. The third-order valence-electron chi connectivity index (χ3n) is 1.35. The molecule has 0 amide bonds. The molecule has 1 aromatic carbocycles. The lowest BCUT2D eigenvalue weighted by Gasteiger charge is -2.05. The van der Waals surface area contributed by atoms with Gasteiger partial charge in [-0.1, -0.05) is 37.3 Å². The fourth-order valence-electron chi connectivity index (χ4n) is 0.783. The maximum absolute atomic E-state index is 9.39. The van der Waals surface area contributed by atoms with Crippen molar-refractivity contribution < 1.29 is 4.89 Å². The first-order chi connectivity index (χ1) is 4.84. The maximum atomic E-state index is 9.39. The molecule has 0 radical (unpaired) electrons. The molecule has 0 heterocycles. The van der Waals surface area contributed by atoms with Gasteiger partial charge in [0, 0.05) is 5.30 Å². The van der Waals surface area contributed by atoms with Crippen LogP contribution in [-0.4, -0.2) is 11.1 Å². The first-order valence-electron chi connectivity index (χ1n) is 3.36. The van der Waals surface area contributed by atoms with Crippen LogP contribution >= 0.6 is 8.15 Å². The highest BCUT2D eigenvalue weighted by molar-refractivity contribution is 7.59. The van der Waals surface area contributed by atoms with Gasteiger partial charge in [-0.2, -0.15) is 0 Å². The molecule has 1 rings (SSSR count). The minimum atomic E-state index is -0.873. The summed E-state index contributed by atoms with van der Waals surface area (Å²) in [6.45, 7) is 2.00. The summed E-state index contributed by atoms with van der Waals surface area (Å²) in [5, 5.41) is 1.07. The molecule has 0 aliphatic heterocycles. The summed E-state index contributed by atoms with van der Waals surface area (Å²) in [5.74, 6) is 0. The Morgan fingerprint density at radius 1 is 1.30 bits per heavy atom. The van der Waals surface area contributed by atoms with Crippen LogP contribution in [0.3, 0.4) is 0 Å². The largest absolute Gasteiger partial charge is 0.369 e. The van der Waals surface area contributed by atoms with E-state index >= 15 is 0 Å². The monoisotopic (exact) mass is 154 g/mol. The normalized spacial score (nSPS) is 13.0. The molecule has 0 spiro atoms. The van der Waals surface area contributed by atoms with Crippen molar-refractivity contribution in [1.82, 2.24) is 0 Å². The van der Waals surface area contributed by atoms with Crippen molar-refractivity contribution in [2.45, 2.75) is 6.92 Å². The molecular formula is C8H11OP. The Kier molecular flexibility index (Phi) is 2.85. The van der Waals surface area contributed by atoms with Crippen molar-refractivity contribution in [3.8, 4) is 0 Å². The molecule has 1 unspecified atom stereocenters. The molecule has 54 valence electrons. The first kappa shape index (κ1) is 7.71. The molecule has 10 heavy (non-hydrogen) atoms. The van der Waals surface area contributed by atoms with Crippen LogP contribution in [0.1, 0.15) is 6.92 Å². The third-order valence-corrected chi connectivity index (χ3v) is 2.85. The molecule has 0 saturated heterocycles. The summed E-state index contributed by atoms with van der Waals surface area (Å²) >= 11 is 0. The van der Waals surface area contributed by atoms with E-state index in [-0.39, 0.29) is 0 Å². The highest BCUT2D eigenvalue weighted by Gasteiger charge is 2.01. The second-order valence-corrected chi connectivity index (χ2v) is 4.00. The van der Waals surface area contributed by atoms with Crippen LogP contribution in [0.15, 0.2) is 30.3 Å². The SMILES string of the molecule is CCP(O)c1ccccc1. The summed E-state index contributed by atoms with van der Waals surface area (Å²) in [5.41, 5.74) is 0. The van der Waals surface area contributed by atoms with E-state index in [2.05, 4.69) is 0 Å². The van der Waals surface area contributed by atoms with Gasteiger partial charge < -0.3 is 4.89 Å². The Bertz CT molecular complexity index is 186. The third kappa shape index (κ3) is 1.80. The lowest BCUT2D eigenvalue weighted by atomic mass is 10.4. The van der Waals surface area contributed by atoms with E-state index in [0.717, 1.165) is 11.5 Å². The highest BCUT2D eigenvalue weighted by atomic mass is 31.1. The van der Waals surface area contributed by atoms with Crippen LogP contribution in [0.4, 0.5) is 0 Å². The van der Waals surface area contributed by atoms with Crippen LogP contribution in [0, 0.1) is 0 Å². The van der Waals surface area contributed by atoms with E-state index in [1.807, 2.05) is 37.3 Å². The predicted molar refractivity (Wildman–Crippen MR) is 45.8 cm³/mol. The van der Waals surface area contributed by atoms with Gasteiger partial charge in [0.2, 0.25) is 0 Å². The number of hydrogen-bond acceptors (Lipinski definition) is 1. The van der Waals surface area contributed by atoms with Crippen LogP contribution in [0.2, 0.25) is 0 Å². The molecule has 0 aliphatic carbocycles. The Morgan fingerprint density at radius 2 is 1.90 bits per heavy atom. The lowest BCUT2D eigenvalue weighted by molar-refractivity contribution is 0.635. The fourth-order valence-corrected chi connectivity index (χ4v) is 1.66. The standard InChI is InChI=1S/C8H11OP/c1-2-10(9)8-6-4-3-5-7-8/h3-7,9H,2H2,1H3. The lowest BCUT2D eigenvalue weighted by Crippen LogP contribution is -1.99. The average Bonchev–Trinajstić information content (AvgIpc) is 2.05. The molecule has 0 bridgehead atoms. The second kappa shape index (κ2) is 3.70. The maximum Gasteiger partial charge on any atom is 0.0560 e. The Morgan fingerprint density at radius 3 is 2.40 bits per heavy atom. The Hall–Kier alpha value is -0.390. The van der Waals surface area contributed by atoms with Gasteiger partial charge in [0.15, 0.2) is 0 Å². The molecule has 0 fully saturated rings. The van der Waals surface area contributed by atoms with Gasteiger partial charge in [0.25, 0.3) is 0 Å². The van der Waals surface area contributed by atoms with Crippen molar-refractivity contribution in [1.29, 1.82) is 0 Å².